The lowest BCUT2D eigenvalue weighted by atomic mass is 10.1. The highest BCUT2D eigenvalue weighted by atomic mass is 16.3. The molecule has 0 saturated heterocycles. The molecule has 0 fully saturated rings. The summed E-state index contributed by atoms with van der Waals surface area (Å²) in [6.07, 6.45) is 1.64. The summed E-state index contributed by atoms with van der Waals surface area (Å²) in [5.41, 5.74) is 1.32. The molecule has 2 rings (SSSR count). The fourth-order valence-corrected chi connectivity index (χ4v) is 1.22. The molecule has 1 aromatic carbocycles. The Morgan fingerprint density at radius 3 is 2.92 bits per heavy atom. The second-order valence-electron chi connectivity index (χ2n) is 2.79. The maximum absolute atomic E-state index is 11.5. The minimum atomic E-state index is 0.0353. The average Bonchev–Trinajstić information content (AvgIpc) is 2.12. The number of aryl methyl sites for hydroxylation is 1. The smallest absolute Gasteiger partial charge is 0.207 e. The standard InChI is InChI=1S/C10H8NO/c1-7-4-5-8-3-2-6-11-9(8)10(7)12/h2-6H,1H3. The minimum Gasteiger partial charge on any atom is -0.287 e. The molecule has 0 aliphatic rings. The molecule has 0 bridgehead atoms. The number of rotatable bonds is 0. The van der Waals surface area contributed by atoms with Gasteiger partial charge in [0.05, 0.1) is 0 Å². The second-order valence-corrected chi connectivity index (χ2v) is 2.79. The van der Waals surface area contributed by atoms with Gasteiger partial charge in [-0.25, -0.2) is 0 Å². The van der Waals surface area contributed by atoms with Gasteiger partial charge in [0.1, 0.15) is 5.52 Å². The maximum atomic E-state index is 11.5. The summed E-state index contributed by atoms with van der Waals surface area (Å²) in [4.78, 5) is 4.03. The van der Waals surface area contributed by atoms with Gasteiger partial charge in [-0.2, -0.15) is 0 Å². The minimum absolute atomic E-state index is 0.0353. The van der Waals surface area contributed by atoms with Crippen molar-refractivity contribution < 1.29 is 5.11 Å². The van der Waals surface area contributed by atoms with Crippen LogP contribution in [-0.4, -0.2) is 4.98 Å². The lowest BCUT2D eigenvalue weighted by molar-refractivity contribution is 0.356. The Morgan fingerprint density at radius 2 is 2.08 bits per heavy atom. The summed E-state index contributed by atoms with van der Waals surface area (Å²) in [7, 11) is 0. The van der Waals surface area contributed by atoms with E-state index in [4.69, 9.17) is 0 Å². The van der Waals surface area contributed by atoms with Crippen LogP contribution in [0.1, 0.15) is 5.56 Å². The molecule has 1 radical (unpaired) electrons. The lowest BCUT2D eigenvalue weighted by Gasteiger charge is -1.98. The molecule has 1 aromatic heterocycles. The molecular formula is C10H8NO. The van der Waals surface area contributed by atoms with Crippen LogP contribution in [0.3, 0.4) is 0 Å². The highest BCUT2D eigenvalue weighted by molar-refractivity contribution is 5.85. The molecule has 2 aromatic rings. The van der Waals surface area contributed by atoms with Gasteiger partial charge in [0, 0.05) is 11.6 Å². The van der Waals surface area contributed by atoms with Gasteiger partial charge >= 0.3 is 0 Å². The Morgan fingerprint density at radius 1 is 1.25 bits per heavy atom. The highest BCUT2D eigenvalue weighted by Gasteiger charge is 2.04. The van der Waals surface area contributed by atoms with Crippen molar-refractivity contribution in [3.63, 3.8) is 0 Å². The molecule has 0 atom stereocenters. The predicted molar refractivity (Wildman–Crippen MR) is 46.6 cm³/mol. The number of pyridine rings is 1. The van der Waals surface area contributed by atoms with Crippen LogP contribution in [0.5, 0.6) is 5.75 Å². The third-order valence-corrected chi connectivity index (χ3v) is 1.93. The van der Waals surface area contributed by atoms with Crippen LogP contribution in [0.2, 0.25) is 0 Å². The van der Waals surface area contributed by atoms with E-state index >= 15 is 0 Å². The molecule has 2 heteroatoms. The number of hydrogen-bond donors (Lipinski definition) is 0. The molecule has 12 heavy (non-hydrogen) atoms. The molecule has 2 nitrogen and oxygen atoms in total. The zero-order valence-electron chi connectivity index (χ0n) is 6.74. The van der Waals surface area contributed by atoms with E-state index in [0.29, 0.717) is 5.52 Å². The molecule has 59 valence electrons. The van der Waals surface area contributed by atoms with Gasteiger partial charge in [0.25, 0.3) is 0 Å². The fourth-order valence-electron chi connectivity index (χ4n) is 1.22. The number of hydrogen-bond acceptors (Lipinski definition) is 1. The first-order chi connectivity index (χ1) is 5.79. The van der Waals surface area contributed by atoms with E-state index in [-0.39, 0.29) is 5.75 Å². The quantitative estimate of drug-likeness (QED) is 0.580. The van der Waals surface area contributed by atoms with Crippen LogP contribution >= 0.6 is 0 Å². The van der Waals surface area contributed by atoms with Gasteiger partial charge < -0.3 is 0 Å². The zero-order chi connectivity index (χ0) is 8.55. The Kier molecular flexibility index (Phi) is 1.47. The van der Waals surface area contributed by atoms with E-state index in [1.54, 1.807) is 13.1 Å². The number of nitrogens with zero attached hydrogens (tertiary/aromatic N) is 1. The van der Waals surface area contributed by atoms with Crippen molar-refractivity contribution in [3.8, 4) is 5.75 Å². The lowest BCUT2D eigenvalue weighted by Crippen LogP contribution is -1.80. The van der Waals surface area contributed by atoms with Gasteiger partial charge in [0.15, 0.2) is 0 Å². The van der Waals surface area contributed by atoms with E-state index in [1.807, 2.05) is 24.3 Å². The van der Waals surface area contributed by atoms with Crippen molar-refractivity contribution in [1.82, 2.24) is 4.98 Å². The molecule has 0 saturated carbocycles. The summed E-state index contributed by atoms with van der Waals surface area (Å²) in [5, 5.41) is 12.4. The van der Waals surface area contributed by atoms with Crippen LogP contribution in [0.4, 0.5) is 0 Å². The average molecular weight is 158 g/mol. The summed E-state index contributed by atoms with van der Waals surface area (Å²) in [5.74, 6) is 0.0353. The summed E-state index contributed by atoms with van der Waals surface area (Å²) < 4.78 is 0. The van der Waals surface area contributed by atoms with Crippen LogP contribution < -0.4 is 0 Å². The molecule has 1 heterocycles. The molecule has 0 aliphatic carbocycles. The van der Waals surface area contributed by atoms with Gasteiger partial charge in [0.2, 0.25) is 5.75 Å². The third kappa shape index (κ3) is 0.925. The molecule has 0 aliphatic heterocycles. The predicted octanol–water partition coefficient (Wildman–Crippen LogP) is 2.69. The SMILES string of the molecule is Cc1ccc2cccnc2c1[O]. The number of fused-ring (bicyclic) bond motifs is 1. The van der Waals surface area contributed by atoms with Crippen LogP contribution in [0.15, 0.2) is 30.5 Å². The topological polar surface area (TPSA) is 32.8 Å². The van der Waals surface area contributed by atoms with Crippen molar-refractivity contribution in [1.29, 1.82) is 0 Å². The van der Waals surface area contributed by atoms with Crippen LogP contribution in [0, 0.1) is 6.92 Å². The first kappa shape index (κ1) is 7.10. The first-order valence-corrected chi connectivity index (χ1v) is 3.80. The second kappa shape index (κ2) is 2.48. The Bertz CT molecular complexity index is 423. The van der Waals surface area contributed by atoms with Crippen molar-refractivity contribution in [2.75, 3.05) is 0 Å². The third-order valence-electron chi connectivity index (χ3n) is 1.93. The van der Waals surface area contributed by atoms with Gasteiger partial charge in [-0.3, -0.25) is 10.1 Å². The van der Waals surface area contributed by atoms with E-state index in [1.165, 1.54) is 0 Å². The summed E-state index contributed by atoms with van der Waals surface area (Å²) in [6.45, 7) is 1.80. The van der Waals surface area contributed by atoms with Gasteiger partial charge in [-0.1, -0.05) is 18.2 Å². The maximum Gasteiger partial charge on any atom is 0.207 e. The molecule has 0 N–H and O–H groups in total. The van der Waals surface area contributed by atoms with Gasteiger partial charge in [-0.15, -0.1) is 0 Å². The van der Waals surface area contributed by atoms with E-state index in [2.05, 4.69) is 4.98 Å². The van der Waals surface area contributed by atoms with E-state index in [9.17, 15) is 5.11 Å². The normalized spacial score (nSPS) is 10.4. The van der Waals surface area contributed by atoms with Crippen LogP contribution in [0.25, 0.3) is 10.9 Å². The van der Waals surface area contributed by atoms with Crippen molar-refractivity contribution in [2.45, 2.75) is 6.92 Å². The summed E-state index contributed by atoms with van der Waals surface area (Å²) >= 11 is 0. The largest absolute Gasteiger partial charge is 0.287 e. The first-order valence-electron chi connectivity index (χ1n) is 3.80. The Labute approximate surface area is 70.5 Å². The molecule has 0 spiro atoms. The highest BCUT2D eigenvalue weighted by Crippen LogP contribution is 2.26. The Hall–Kier alpha value is -1.57. The van der Waals surface area contributed by atoms with Crippen molar-refractivity contribution in [2.24, 2.45) is 0 Å². The van der Waals surface area contributed by atoms with E-state index < -0.39 is 0 Å². The van der Waals surface area contributed by atoms with Crippen LogP contribution in [-0.2, 0) is 5.11 Å². The zero-order valence-corrected chi connectivity index (χ0v) is 6.74. The van der Waals surface area contributed by atoms with Crippen molar-refractivity contribution >= 4 is 10.9 Å². The molecule has 0 unspecified atom stereocenters. The summed E-state index contributed by atoms with van der Waals surface area (Å²) in [6, 6.07) is 7.46. The molecular weight excluding hydrogens is 150 g/mol. The fraction of sp³-hybridized carbons (Fsp3) is 0.100. The number of benzene rings is 1. The number of aromatic nitrogens is 1. The Balaban J connectivity index is 2.91. The monoisotopic (exact) mass is 158 g/mol. The van der Waals surface area contributed by atoms with E-state index in [0.717, 1.165) is 10.9 Å². The van der Waals surface area contributed by atoms with Gasteiger partial charge in [-0.05, 0) is 18.6 Å². The molecule has 0 amide bonds. The van der Waals surface area contributed by atoms with Crippen molar-refractivity contribution in [3.05, 3.63) is 36.0 Å².